The minimum atomic E-state index is -2.24. The molecule has 0 rings (SSSR count). The quantitative estimate of drug-likeness (QED) is 0.492. The molecule has 0 bridgehead atoms. The molecule has 3 nitrogen and oxygen atoms in total. The predicted molar refractivity (Wildman–Crippen MR) is 65.0 cm³/mol. The summed E-state index contributed by atoms with van der Waals surface area (Å²) in [6, 6.07) is 0.897. The molecule has 92 valence electrons. The Labute approximate surface area is 95.0 Å². The van der Waals surface area contributed by atoms with Gasteiger partial charge in [0.15, 0.2) is 0 Å². The van der Waals surface area contributed by atoms with Crippen molar-refractivity contribution in [3.63, 3.8) is 0 Å². The van der Waals surface area contributed by atoms with E-state index in [1.807, 2.05) is 0 Å². The number of aliphatic hydroxyl groups excluding tert-OH is 1. The Balaban J connectivity index is 3.63. The fourth-order valence-corrected chi connectivity index (χ4v) is 3.40. The smallest absolute Gasteiger partial charge is 0.363 e. The van der Waals surface area contributed by atoms with Crippen molar-refractivity contribution < 1.29 is 14.0 Å². The zero-order chi connectivity index (χ0) is 11.7. The molecule has 0 aromatic heterocycles. The SMILES string of the molecule is CO[Si](CO)(CCCCCC(C)C)OC. The van der Waals surface area contributed by atoms with Crippen LogP contribution in [-0.2, 0) is 8.85 Å². The van der Waals surface area contributed by atoms with Crippen molar-refractivity contribution in [2.24, 2.45) is 5.92 Å². The molecule has 0 spiro atoms. The molecular formula is C11H26O3Si. The number of unbranched alkanes of at least 4 members (excludes halogenated alkanes) is 2. The van der Waals surface area contributed by atoms with Crippen molar-refractivity contribution in [3.8, 4) is 0 Å². The van der Waals surface area contributed by atoms with Gasteiger partial charge in [0.1, 0.15) is 0 Å². The van der Waals surface area contributed by atoms with Crippen LogP contribution in [0.1, 0.15) is 39.5 Å². The first-order chi connectivity index (χ1) is 7.10. The molecule has 0 aromatic carbocycles. The van der Waals surface area contributed by atoms with Crippen molar-refractivity contribution >= 4 is 8.56 Å². The van der Waals surface area contributed by atoms with E-state index in [9.17, 15) is 5.11 Å². The Hall–Kier alpha value is 0.0969. The molecule has 1 N–H and O–H groups in total. The van der Waals surface area contributed by atoms with E-state index in [2.05, 4.69) is 13.8 Å². The third kappa shape index (κ3) is 6.30. The molecule has 0 aromatic rings. The first-order valence-corrected chi connectivity index (χ1v) is 8.04. The average molecular weight is 234 g/mol. The van der Waals surface area contributed by atoms with Crippen LogP contribution >= 0.6 is 0 Å². The molecule has 0 atom stereocenters. The molecule has 0 unspecified atom stereocenters. The molecule has 0 heterocycles. The normalized spacial score (nSPS) is 12.4. The monoisotopic (exact) mass is 234 g/mol. The van der Waals surface area contributed by atoms with Crippen LogP contribution in [0.5, 0.6) is 0 Å². The zero-order valence-corrected chi connectivity index (χ0v) is 11.6. The minimum absolute atomic E-state index is 0.0597. The standard InChI is InChI=1S/C11H26O3Si/c1-11(2)8-6-5-7-9-15(10-12,13-3)14-4/h11-12H,5-10H2,1-4H3. The fraction of sp³-hybridized carbons (Fsp3) is 1.00. The first-order valence-electron chi connectivity index (χ1n) is 5.81. The van der Waals surface area contributed by atoms with Gasteiger partial charge in [-0.1, -0.05) is 39.5 Å². The van der Waals surface area contributed by atoms with E-state index in [4.69, 9.17) is 8.85 Å². The maximum atomic E-state index is 9.23. The summed E-state index contributed by atoms with van der Waals surface area (Å²) in [5, 5.41) is 9.23. The van der Waals surface area contributed by atoms with Gasteiger partial charge in [0.2, 0.25) is 0 Å². The van der Waals surface area contributed by atoms with Gasteiger partial charge in [0.25, 0.3) is 0 Å². The highest BCUT2D eigenvalue weighted by molar-refractivity contribution is 6.67. The Bertz CT molecular complexity index is 139. The first kappa shape index (κ1) is 15.1. The van der Waals surface area contributed by atoms with E-state index in [0.717, 1.165) is 18.4 Å². The van der Waals surface area contributed by atoms with E-state index in [1.165, 1.54) is 19.3 Å². The molecule has 15 heavy (non-hydrogen) atoms. The molecule has 0 saturated carbocycles. The Morgan fingerprint density at radius 1 is 1.07 bits per heavy atom. The second kappa shape index (κ2) is 8.27. The molecule has 0 aliphatic rings. The Morgan fingerprint density at radius 2 is 1.67 bits per heavy atom. The van der Waals surface area contributed by atoms with E-state index in [0.29, 0.717) is 0 Å². The number of hydrogen-bond acceptors (Lipinski definition) is 3. The van der Waals surface area contributed by atoms with Crippen LogP contribution in [0.3, 0.4) is 0 Å². The van der Waals surface area contributed by atoms with Crippen molar-refractivity contribution in [1.82, 2.24) is 0 Å². The molecule has 0 radical (unpaired) electrons. The lowest BCUT2D eigenvalue weighted by Crippen LogP contribution is -2.44. The van der Waals surface area contributed by atoms with Gasteiger partial charge >= 0.3 is 8.56 Å². The van der Waals surface area contributed by atoms with Crippen molar-refractivity contribution in [2.75, 3.05) is 20.4 Å². The van der Waals surface area contributed by atoms with Crippen LogP contribution in [0, 0.1) is 5.92 Å². The summed E-state index contributed by atoms with van der Waals surface area (Å²) in [7, 11) is 1.04. The van der Waals surface area contributed by atoms with Gasteiger partial charge in [-0.05, 0) is 12.0 Å². The van der Waals surface area contributed by atoms with E-state index >= 15 is 0 Å². The van der Waals surface area contributed by atoms with Crippen LogP contribution in [-0.4, -0.2) is 34.1 Å². The third-order valence-electron chi connectivity index (χ3n) is 2.82. The van der Waals surface area contributed by atoms with Gasteiger partial charge in [-0.3, -0.25) is 0 Å². The molecule has 0 fully saturated rings. The minimum Gasteiger partial charge on any atom is -0.396 e. The molecular weight excluding hydrogens is 208 g/mol. The zero-order valence-electron chi connectivity index (χ0n) is 10.6. The van der Waals surface area contributed by atoms with Crippen LogP contribution in [0.25, 0.3) is 0 Å². The lowest BCUT2D eigenvalue weighted by atomic mass is 10.1. The second-order valence-corrected chi connectivity index (χ2v) is 7.92. The van der Waals surface area contributed by atoms with Crippen LogP contribution in [0.2, 0.25) is 6.04 Å². The summed E-state index contributed by atoms with van der Waals surface area (Å²) >= 11 is 0. The summed E-state index contributed by atoms with van der Waals surface area (Å²) in [5.74, 6) is 0.787. The molecule has 0 amide bonds. The van der Waals surface area contributed by atoms with Crippen LogP contribution in [0.4, 0.5) is 0 Å². The van der Waals surface area contributed by atoms with Crippen molar-refractivity contribution in [3.05, 3.63) is 0 Å². The van der Waals surface area contributed by atoms with E-state index < -0.39 is 8.56 Å². The lowest BCUT2D eigenvalue weighted by Gasteiger charge is -2.24. The number of aliphatic hydroxyl groups is 1. The summed E-state index contributed by atoms with van der Waals surface area (Å²) in [6.45, 7) is 4.49. The molecule has 0 aliphatic carbocycles. The van der Waals surface area contributed by atoms with Crippen molar-refractivity contribution in [1.29, 1.82) is 0 Å². The van der Waals surface area contributed by atoms with Gasteiger partial charge in [-0.25, -0.2) is 0 Å². The topological polar surface area (TPSA) is 38.7 Å². The van der Waals surface area contributed by atoms with Crippen molar-refractivity contribution in [2.45, 2.75) is 45.6 Å². The highest BCUT2D eigenvalue weighted by Crippen LogP contribution is 2.17. The number of rotatable bonds is 9. The summed E-state index contributed by atoms with van der Waals surface area (Å²) in [4.78, 5) is 0. The molecule has 4 heteroatoms. The van der Waals surface area contributed by atoms with Gasteiger partial charge in [0.05, 0.1) is 6.23 Å². The van der Waals surface area contributed by atoms with E-state index in [1.54, 1.807) is 14.2 Å². The summed E-state index contributed by atoms with van der Waals surface area (Å²) < 4.78 is 10.7. The van der Waals surface area contributed by atoms with Gasteiger partial charge in [-0.15, -0.1) is 0 Å². The Kier molecular flexibility index (Phi) is 8.33. The van der Waals surface area contributed by atoms with Gasteiger partial charge in [0, 0.05) is 14.2 Å². The maximum absolute atomic E-state index is 9.23. The second-order valence-electron chi connectivity index (χ2n) is 4.47. The third-order valence-corrected chi connectivity index (χ3v) is 5.91. The molecule has 0 aliphatic heterocycles. The summed E-state index contributed by atoms with van der Waals surface area (Å²) in [6.07, 6.45) is 4.92. The highest BCUT2D eigenvalue weighted by atomic mass is 28.4. The largest absolute Gasteiger partial charge is 0.396 e. The summed E-state index contributed by atoms with van der Waals surface area (Å²) in [5.41, 5.74) is 0. The lowest BCUT2D eigenvalue weighted by molar-refractivity contribution is 0.195. The van der Waals surface area contributed by atoms with Gasteiger partial charge in [-0.2, -0.15) is 0 Å². The molecule has 0 saturated heterocycles. The highest BCUT2D eigenvalue weighted by Gasteiger charge is 2.33. The fourth-order valence-electron chi connectivity index (χ4n) is 1.62. The predicted octanol–water partition coefficient (Wildman–Crippen LogP) is 2.47. The van der Waals surface area contributed by atoms with Crippen LogP contribution < -0.4 is 0 Å². The maximum Gasteiger partial charge on any atom is 0.363 e. The van der Waals surface area contributed by atoms with Crippen LogP contribution in [0.15, 0.2) is 0 Å². The Morgan fingerprint density at radius 3 is 2.07 bits per heavy atom. The average Bonchev–Trinajstić information content (AvgIpc) is 2.24. The number of hydrogen-bond donors (Lipinski definition) is 1. The van der Waals surface area contributed by atoms with Gasteiger partial charge < -0.3 is 14.0 Å². The van der Waals surface area contributed by atoms with E-state index in [-0.39, 0.29) is 6.23 Å².